The Hall–Kier alpha value is -1.25. The van der Waals surface area contributed by atoms with Gasteiger partial charge in [0.2, 0.25) is 0 Å². The van der Waals surface area contributed by atoms with Crippen molar-refractivity contribution in [1.29, 1.82) is 0 Å². The normalized spacial score (nSPS) is 31.3. The Kier molecular flexibility index (Phi) is 5.94. The molecule has 0 aromatic heterocycles. The highest BCUT2D eigenvalue weighted by molar-refractivity contribution is 5.89. The third kappa shape index (κ3) is 3.99. The van der Waals surface area contributed by atoms with Crippen LogP contribution in [0.25, 0.3) is 0 Å². The van der Waals surface area contributed by atoms with Gasteiger partial charge in [-0.2, -0.15) is 0 Å². The predicted molar refractivity (Wildman–Crippen MR) is 92.6 cm³/mol. The fraction of sp³-hybridized carbons (Fsp3) is 0.750. The number of hydrogen-bond donors (Lipinski definition) is 0. The van der Waals surface area contributed by atoms with Crippen LogP contribution < -0.4 is 0 Å². The van der Waals surface area contributed by atoms with Crippen molar-refractivity contribution in [3.05, 3.63) is 24.0 Å². The van der Waals surface area contributed by atoms with Crippen molar-refractivity contribution in [1.82, 2.24) is 0 Å². The van der Waals surface area contributed by atoms with E-state index in [0.29, 0.717) is 11.8 Å². The summed E-state index contributed by atoms with van der Waals surface area (Å²) in [6.45, 7) is 12.3. The summed E-state index contributed by atoms with van der Waals surface area (Å²) in [4.78, 5) is 12.6. The second-order valence-corrected chi connectivity index (χ2v) is 7.61. The SMILES string of the molecule is C=CCCCCC1=C(C)O[C@@]2(C[C@H](C)CC[C@H]2C(C)C)OC1=O. The molecular weight excluding hydrogens is 288 g/mol. The van der Waals surface area contributed by atoms with Crippen LogP contribution in [-0.4, -0.2) is 11.8 Å². The Morgan fingerprint density at radius 3 is 2.65 bits per heavy atom. The largest absolute Gasteiger partial charge is 0.456 e. The zero-order valence-electron chi connectivity index (χ0n) is 15.2. The smallest absolute Gasteiger partial charge is 0.340 e. The zero-order chi connectivity index (χ0) is 17.0. The Bertz CT molecular complexity index is 477. The first-order chi connectivity index (χ1) is 10.9. The molecule has 0 aromatic rings. The molecule has 3 nitrogen and oxygen atoms in total. The van der Waals surface area contributed by atoms with Gasteiger partial charge in [-0.15, -0.1) is 6.58 Å². The van der Waals surface area contributed by atoms with Gasteiger partial charge in [0.1, 0.15) is 5.76 Å². The number of unbranched alkanes of at least 4 members (excludes halogenated alkanes) is 2. The summed E-state index contributed by atoms with van der Waals surface area (Å²) in [6, 6.07) is 0. The van der Waals surface area contributed by atoms with E-state index in [0.717, 1.165) is 49.9 Å². The van der Waals surface area contributed by atoms with Crippen LogP contribution in [0, 0.1) is 17.8 Å². The van der Waals surface area contributed by atoms with Gasteiger partial charge in [-0.1, -0.05) is 26.8 Å². The average molecular weight is 320 g/mol. The van der Waals surface area contributed by atoms with Crippen molar-refractivity contribution in [3.63, 3.8) is 0 Å². The van der Waals surface area contributed by atoms with Gasteiger partial charge in [-0.25, -0.2) is 4.79 Å². The van der Waals surface area contributed by atoms with Crippen molar-refractivity contribution < 1.29 is 14.3 Å². The Balaban J connectivity index is 2.15. The molecule has 0 amide bonds. The van der Waals surface area contributed by atoms with Crippen LogP contribution in [-0.2, 0) is 14.3 Å². The minimum Gasteiger partial charge on any atom is -0.456 e. The minimum absolute atomic E-state index is 0.160. The maximum atomic E-state index is 12.6. The minimum atomic E-state index is -0.738. The number of rotatable bonds is 6. The van der Waals surface area contributed by atoms with Crippen molar-refractivity contribution in [2.75, 3.05) is 0 Å². The lowest BCUT2D eigenvalue weighted by Crippen LogP contribution is -2.53. The van der Waals surface area contributed by atoms with Crippen molar-refractivity contribution >= 4 is 5.97 Å². The molecular formula is C20H32O3. The molecule has 1 aliphatic carbocycles. The monoisotopic (exact) mass is 320 g/mol. The van der Waals surface area contributed by atoms with Gasteiger partial charge < -0.3 is 9.47 Å². The molecule has 0 N–H and O–H groups in total. The topological polar surface area (TPSA) is 35.5 Å². The van der Waals surface area contributed by atoms with Crippen molar-refractivity contribution in [3.8, 4) is 0 Å². The second-order valence-electron chi connectivity index (χ2n) is 7.61. The van der Waals surface area contributed by atoms with Crippen LogP contribution in [0.5, 0.6) is 0 Å². The third-order valence-corrected chi connectivity index (χ3v) is 5.32. The molecule has 1 fully saturated rings. The number of esters is 1. The van der Waals surface area contributed by atoms with Gasteiger partial charge in [0.15, 0.2) is 0 Å². The third-order valence-electron chi connectivity index (χ3n) is 5.32. The number of ether oxygens (including phenoxy) is 2. The van der Waals surface area contributed by atoms with Crippen LogP contribution in [0.4, 0.5) is 0 Å². The molecule has 0 bridgehead atoms. The molecule has 0 aromatic carbocycles. The first kappa shape index (κ1) is 18.1. The molecule has 0 unspecified atom stereocenters. The number of carbonyl (C=O) groups is 1. The summed E-state index contributed by atoms with van der Waals surface area (Å²) in [5, 5.41) is 0. The maximum absolute atomic E-state index is 12.6. The quantitative estimate of drug-likeness (QED) is 0.375. The van der Waals surface area contributed by atoms with Gasteiger partial charge in [0, 0.05) is 12.3 Å². The van der Waals surface area contributed by atoms with Crippen LogP contribution in [0.15, 0.2) is 24.0 Å². The molecule has 130 valence electrons. The summed E-state index contributed by atoms with van der Waals surface area (Å²) in [5.74, 6) is 1.13. The lowest BCUT2D eigenvalue weighted by atomic mass is 9.72. The molecule has 3 heteroatoms. The number of carbonyl (C=O) groups excluding carboxylic acids is 1. The van der Waals surface area contributed by atoms with E-state index in [9.17, 15) is 4.79 Å². The van der Waals surface area contributed by atoms with Crippen LogP contribution in [0.2, 0.25) is 0 Å². The molecule has 0 saturated heterocycles. The molecule has 23 heavy (non-hydrogen) atoms. The predicted octanol–water partition coefficient (Wildman–Crippen LogP) is 5.37. The molecule has 3 atom stereocenters. The van der Waals surface area contributed by atoms with E-state index in [4.69, 9.17) is 9.47 Å². The van der Waals surface area contributed by atoms with Gasteiger partial charge in [0.25, 0.3) is 5.79 Å². The molecule has 0 radical (unpaired) electrons. The summed E-state index contributed by atoms with van der Waals surface area (Å²) < 4.78 is 12.3. The lowest BCUT2D eigenvalue weighted by molar-refractivity contribution is -0.270. The fourth-order valence-electron chi connectivity index (χ4n) is 4.07. The van der Waals surface area contributed by atoms with E-state index >= 15 is 0 Å². The van der Waals surface area contributed by atoms with Crippen molar-refractivity contribution in [2.24, 2.45) is 17.8 Å². The van der Waals surface area contributed by atoms with Gasteiger partial charge in [-0.3, -0.25) is 0 Å². The molecule has 1 heterocycles. The highest BCUT2D eigenvalue weighted by atomic mass is 16.7. The number of allylic oxidation sites excluding steroid dienone is 2. The summed E-state index contributed by atoms with van der Waals surface area (Å²) >= 11 is 0. The van der Waals surface area contributed by atoms with E-state index in [2.05, 4.69) is 27.4 Å². The summed E-state index contributed by atoms with van der Waals surface area (Å²) in [5.41, 5.74) is 0.723. The highest BCUT2D eigenvalue weighted by Gasteiger charge is 2.52. The van der Waals surface area contributed by atoms with E-state index in [1.807, 2.05) is 13.0 Å². The summed E-state index contributed by atoms with van der Waals surface area (Å²) in [6.07, 6.45) is 8.70. The highest BCUT2D eigenvalue weighted by Crippen LogP contribution is 2.47. The standard InChI is InChI=1S/C20H32O3/c1-6-7-8-9-10-17-16(5)22-20(23-19(17)21)13-15(4)11-12-18(20)14(2)3/h6,14-15,18H,1,7-13H2,2-5H3/t15-,18+,20+/m1/s1. The second kappa shape index (κ2) is 7.55. The average Bonchev–Trinajstić information content (AvgIpc) is 2.45. The van der Waals surface area contributed by atoms with Crippen LogP contribution in [0.3, 0.4) is 0 Å². The Labute approximate surface area is 141 Å². The lowest BCUT2D eigenvalue weighted by Gasteiger charge is -2.48. The fourth-order valence-corrected chi connectivity index (χ4v) is 4.07. The van der Waals surface area contributed by atoms with E-state index in [1.165, 1.54) is 6.42 Å². The van der Waals surface area contributed by atoms with Crippen LogP contribution >= 0.6 is 0 Å². The van der Waals surface area contributed by atoms with Gasteiger partial charge in [0.05, 0.1) is 5.57 Å². The van der Waals surface area contributed by atoms with Crippen LogP contribution in [0.1, 0.15) is 72.6 Å². The first-order valence-corrected chi connectivity index (χ1v) is 9.12. The van der Waals surface area contributed by atoms with E-state index in [1.54, 1.807) is 0 Å². The van der Waals surface area contributed by atoms with E-state index in [-0.39, 0.29) is 11.9 Å². The first-order valence-electron chi connectivity index (χ1n) is 9.12. The molecule has 1 aliphatic heterocycles. The summed E-state index contributed by atoms with van der Waals surface area (Å²) in [7, 11) is 0. The molecule has 2 rings (SSSR count). The Morgan fingerprint density at radius 1 is 1.30 bits per heavy atom. The van der Waals surface area contributed by atoms with E-state index < -0.39 is 5.79 Å². The van der Waals surface area contributed by atoms with Gasteiger partial charge >= 0.3 is 5.97 Å². The molecule has 1 saturated carbocycles. The zero-order valence-corrected chi connectivity index (χ0v) is 15.2. The molecule has 1 spiro atoms. The van der Waals surface area contributed by atoms with Gasteiger partial charge in [-0.05, 0) is 57.3 Å². The molecule has 2 aliphatic rings. The Morgan fingerprint density at radius 2 is 2.04 bits per heavy atom. The maximum Gasteiger partial charge on any atom is 0.340 e. The number of hydrogen-bond acceptors (Lipinski definition) is 3. The van der Waals surface area contributed by atoms with Crippen molar-refractivity contribution in [2.45, 2.75) is 78.4 Å².